The van der Waals surface area contributed by atoms with Crippen LogP contribution in [0.4, 0.5) is 5.82 Å². The van der Waals surface area contributed by atoms with Crippen molar-refractivity contribution in [1.82, 2.24) is 9.88 Å². The first kappa shape index (κ1) is 17.4. The van der Waals surface area contributed by atoms with Crippen LogP contribution in [0.2, 0.25) is 0 Å². The second-order valence-electron chi connectivity index (χ2n) is 7.15. The summed E-state index contributed by atoms with van der Waals surface area (Å²) < 4.78 is 0. The summed E-state index contributed by atoms with van der Waals surface area (Å²) in [4.78, 5) is 21.2. The molecule has 132 valence electrons. The van der Waals surface area contributed by atoms with Crippen molar-refractivity contribution in [1.29, 1.82) is 0 Å². The van der Waals surface area contributed by atoms with E-state index in [-0.39, 0.29) is 5.91 Å². The molecule has 0 radical (unpaired) electrons. The highest BCUT2D eigenvalue weighted by atomic mass is 16.3. The summed E-state index contributed by atoms with van der Waals surface area (Å²) in [6.45, 7) is 6.54. The predicted molar refractivity (Wildman–Crippen MR) is 98.8 cm³/mol. The molecule has 5 nitrogen and oxygen atoms in total. The smallest absolute Gasteiger partial charge is 0.253 e. The highest BCUT2D eigenvalue weighted by Gasteiger charge is 2.23. The second-order valence-corrected chi connectivity index (χ2v) is 7.15. The molecule has 2 aromatic rings. The number of aliphatic hydroxyl groups is 1. The van der Waals surface area contributed by atoms with Gasteiger partial charge < -0.3 is 14.9 Å². The zero-order valence-electron chi connectivity index (χ0n) is 14.9. The van der Waals surface area contributed by atoms with Gasteiger partial charge in [0, 0.05) is 44.4 Å². The summed E-state index contributed by atoms with van der Waals surface area (Å²) in [6, 6.07) is 13.5. The highest BCUT2D eigenvalue weighted by molar-refractivity contribution is 5.94. The van der Waals surface area contributed by atoms with E-state index in [4.69, 9.17) is 0 Å². The molecule has 1 aromatic carbocycles. The second kappa shape index (κ2) is 7.23. The maximum Gasteiger partial charge on any atom is 0.253 e. The molecular formula is C20H25N3O2. The number of hydrogen-bond donors (Lipinski definition) is 1. The maximum atomic E-state index is 12.7. The third-order valence-corrected chi connectivity index (χ3v) is 4.38. The molecule has 1 aliphatic rings. The molecule has 1 aromatic heterocycles. The van der Waals surface area contributed by atoms with Gasteiger partial charge in [0.1, 0.15) is 5.82 Å². The molecule has 2 heterocycles. The third kappa shape index (κ3) is 4.57. The molecule has 1 aliphatic heterocycles. The van der Waals surface area contributed by atoms with Crippen LogP contribution in [0.25, 0.3) is 0 Å². The van der Waals surface area contributed by atoms with Gasteiger partial charge in [0.2, 0.25) is 0 Å². The molecule has 5 heteroatoms. The Morgan fingerprint density at radius 1 is 1.08 bits per heavy atom. The maximum absolute atomic E-state index is 12.7. The number of aromatic nitrogens is 1. The van der Waals surface area contributed by atoms with Crippen LogP contribution in [0.5, 0.6) is 0 Å². The molecule has 25 heavy (non-hydrogen) atoms. The Bertz CT molecular complexity index is 700. The summed E-state index contributed by atoms with van der Waals surface area (Å²) in [6.07, 6.45) is 2.37. The van der Waals surface area contributed by atoms with E-state index >= 15 is 0 Å². The van der Waals surface area contributed by atoms with Gasteiger partial charge in [-0.3, -0.25) is 4.79 Å². The van der Waals surface area contributed by atoms with E-state index in [2.05, 4.69) is 9.88 Å². The average molecular weight is 339 g/mol. The van der Waals surface area contributed by atoms with Crippen molar-refractivity contribution in [3.8, 4) is 0 Å². The fourth-order valence-electron chi connectivity index (χ4n) is 3.13. The van der Waals surface area contributed by atoms with E-state index in [9.17, 15) is 9.90 Å². The van der Waals surface area contributed by atoms with Gasteiger partial charge in [-0.2, -0.15) is 0 Å². The number of carbonyl (C=O) groups is 1. The van der Waals surface area contributed by atoms with Crippen LogP contribution >= 0.6 is 0 Å². The number of pyridine rings is 1. The number of rotatable bonds is 4. The summed E-state index contributed by atoms with van der Waals surface area (Å²) in [5, 5.41) is 9.89. The molecule has 1 N–H and O–H groups in total. The lowest BCUT2D eigenvalue weighted by Crippen LogP contribution is -2.49. The number of carbonyl (C=O) groups excluding carboxylic acids is 1. The summed E-state index contributed by atoms with van der Waals surface area (Å²) in [5.41, 5.74) is 0.989. The van der Waals surface area contributed by atoms with Crippen LogP contribution in [0.1, 0.15) is 29.8 Å². The van der Waals surface area contributed by atoms with Crippen molar-refractivity contribution in [3.63, 3.8) is 0 Å². The third-order valence-electron chi connectivity index (χ3n) is 4.38. The molecule has 0 aliphatic carbocycles. The number of hydrogen-bond acceptors (Lipinski definition) is 4. The Labute approximate surface area is 148 Å². The van der Waals surface area contributed by atoms with Crippen LogP contribution in [-0.4, -0.2) is 52.7 Å². The Morgan fingerprint density at radius 3 is 2.32 bits per heavy atom. The number of anilines is 1. The van der Waals surface area contributed by atoms with E-state index in [1.807, 2.05) is 47.4 Å². The van der Waals surface area contributed by atoms with E-state index < -0.39 is 5.60 Å². The number of piperazine rings is 1. The lowest BCUT2D eigenvalue weighted by atomic mass is 9.98. The van der Waals surface area contributed by atoms with Gasteiger partial charge >= 0.3 is 0 Å². The lowest BCUT2D eigenvalue weighted by molar-refractivity contribution is 0.0746. The van der Waals surface area contributed by atoms with Crippen LogP contribution < -0.4 is 4.90 Å². The topological polar surface area (TPSA) is 56.7 Å². The molecule has 0 atom stereocenters. The molecule has 0 spiro atoms. The van der Waals surface area contributed by atoms with Crippen molar-refractivity contribution in [3.05, 3.63) is 59.8 Å². The largest absolute Gasteiger partial charge is 0.390 e. The SMILES string of the molecule is CC(C)(O)Cc1ccc(C(=O)N2CCN(c3ccccn3)CC2)cc1. The number of nitrogens with zero attached hydrogens (tertiary/aromatic N) is 3. The number of benzene rings is 1. The van der Waals surface area contributed by atoms with Crippen molar-refractivity contribution in [2.45, 2.75) is 25.9 Å². The van der Waals surface area contributed by atoms with E-state index in [1.165, 1.54) is 0 Å². The molecule has 0 bridgehead atoms. The zero-order chi connectivity index (χ0) is 17.9. The van der Waals surface area contributed by atoms with E-state index in [0.717, 1.165) is 24.5 Å². The lowest BCUT2D eigenvalue weighted by Gasteiger charge is -2.35. The molecule has 3 rings (SSSR count). The van der Waals surface area contributed by atoms with Crippen molar-refractivity contribution >= 4 is 11.7 Å². The predicted octanol–water partition coefficient (Wildman–Crippen LogP) is 2.36. The zero-order valence-corrected chi connectivity index (χ0v) is 14.9. The van der Waals surface area contributed by atoms with Crippen molar-refractivity contribution in [2.24, 2.45) is 0 Å². The minimum atomic E-state index is -0.743. The van der Waals surface area contributed by atoms with Crippen molar-refractivity contribution in [2.75, 3.05) is 31.1 Å². The molecule has 1 fully saturated rings. The normalized spacial score (nSPS) is 15.3. The van der Waals surface area contributed by atoms with Gasteiger partial charge in [-0.25, -0.2) is 4.98 Å². The van der Waals surface area contributed by atoms with Crippen molar-refractivity contribution < 1.29 is 9.90 Å². The molecular weight excluding hydrogens is 314 g/mol. The fraction of sp³-hybridized carbons (Fsp3) is 0.400. The Balaban J connectivity index is 1.59. The summed E-state index contributed by atoms with van der Waals surface area (Å²) >= 11 is 0. The van der Waals surface area contributed by atoms with Gasteiger partial charge in [-0.05, 0) is 43.7 Å². The minimum absolute atomic E-state index is 0.0653. The van der Waals surface area contributed by atoms with Crippen LogP contribution in [0.15, 0.2) is 48.7 Å². The number of amides is 1. The van der Waals surface area contributed by atoms with Gasteiger partial charge in [0.05, 0.1) is 5.60 Å². The first-order valence-corrected chi connectivity index (χ1v) is 8.69. The first-order valence-electron chi connectivity index (χ1n) is 8.69. The fourth-order valence-corrected chi connectivity index (χ4v) is 3.13. The highest BCUT2D eigenvalue weighted by Crippen LogP contribution is 2.17. The van der Waals surface area contributed by atoms with E-state index in [0.29, 0.717) is 25.1 Å². The monoisotopic (exact) mass is 339 g/mol. The van der Waals surface area contributed by atoms with E-state index in [1.54, 1.807) is 20.0 Å². The van der Waals surface area contributed by atoms with Gasteiger partial charge in [-0.1, -0.05) is 18.2 Å². The summed E-state index contributed by atoms with van der Waals surface area (Å²) in [7, 11) is 0. The Kier molecular flexibility index (Phi) is 5.04. The Morgan fingerprint density at radius 2 is 1.76 bits per heavy atom. The van der Waals surface area contributed by atoms with Gasteiger partial charge in [-0.15, -0.1) is 0 Å². The molecule has 0 saturated carbocycles. The minimum Gasteiger partial charge on any atom is -0.390 e. The quantitative estimate of drug-likeness (QED) is 0.929. The molecule has 1 saturated heterocycles. The van der Waals surface area contributed by atoms with Gasteiger partial charge in [0.15, 0.2) is 0 Å². The molecule has 0 unspecified atom stereocenters. The molecule has 1 amide bonds. The first-order chi connectivity index (χ1) is 11.9. The summed E-state index contributed by atoms with van der Waals surface area (Å²) in [5.74, 6) is 1.03. The van der Waals surface area contributed by atoms with Crippen LogP contribution in [-0.2, 0) is 6.42 Å². The average Bonchev–Trinajstić information content (AvgIpc) is 2.61. The standard InChI is InChI=1S/C20H25N3O2/c1-20(2,25)15-16-6-8-17(9-7-16)19(24)23-13-11-22(12-14-23)18-5-3-4-10-21-18/h3-10,25H,11-15H2,1-2H3. The van der Waals surface area contributed by atoms with Crippen LogP contribution in [0, 0.1) is 0 Å². The Hall–Kier alpha value is -2.40. The van der Waals surface area contributed by atoms with Gasteiger partial charge in [0.25, 0.3) is 5.91 Å². The van der Waals surface area contributed by atoms with Crippen LogP contribution in [0.3, 0.4) is 0 Å².